The van der Waals surface area contributed by atoms with Crippen LogP contribution in [0.3, 0.4) is 0 Å². The summed E-state index contributed by atoms with van der Waals surface area (Å²) in [6.45, 7) is 8.30. The Labute approximate surface area is 148 Å². The van der Waals surface area contributed by atoms with E-state index >= 15 is 0 Å². The Morgan fingerprint density at radius 2 is 2.08 bits per heavy atom. The van der Waals surface area contributed by atoms with Gasteiger partial charge in [0.1, 0.15) is 0 Å². The highest BCUT2D eigenvalue weighted by molar-refractivity contribution is 7.99. The SMILES string of the molecule is C=CCn1c(SCCCN2CCCCC2)nnc1-c1cccnc1. The largest absolute Gasteiger partial charge is 0.303 e. The molecule has 2 aromatic heterocycles. The van der Waals surface area contributed by atoms with Crippen molar-refractivity contribution in [3.63, 3.8) is 0 Å². The van der Waals surface area contributed by atoms with Crippen LogP contribution in [-0.4, -0.2) is 50.0 Å². The molecular weight excluding hydrogens is 318 g/mol. The van der Waals surface area contributed by atoms with E-state index in [0.717, 1.165) is 22.3 Å². The molecule has 24 heavy (non-hydrogen) atoms. The summed E-state index contributed by atoms with van der Waals surface area (Å²) < 4.78 is 2.12. The first-order chi connectivity index (χ1) is 11.9. The maximum absolute atomic E-state index is 4.38. The average Bonchev–Trinajstić information content (AvgIpc) is 3.03. The molecule has 0 aliphatic carbocycles. The van der Waals surface area contributed by atoms with Gasteiger partial charge >= 0.3 is 0 Å². The van der Waals surface area contributed by atoms with Crippen LogP contribution in [0.1, 0.15) is 25.7 Å². The number of aromatic nitrogens is 4. The molecule has 3 heterocycles. The Hall–Kier alpha value is -1.66. The van der Waals surface area contributed by atoms with Crippen molar-refractivity contribution in [1.82, 2.24) is 24.6 Å². The second-order valence-electron chi connectivity index (χ2n) is 6.05. The van der Waals surface area contributed by atoms with Crippen molar-refractivity contribution in [2.45, 2.75) is 37.4 Å². The van der Waals surface area contributed by atoms with Crippen molar-refractivity contribution in [1.29, 1.82) is 0 Å². The standard InChI is InChI=1S/C18H25N5S/c1-2-10-23-17(16-8-6-9-19-15-16)20-21-18(23)24-14-7-13-22-11-4-3-5-12-22/h2,6,8-9,15H,1,3-5,7,10-14H2. The molecule has 1 aliphatic heterocycles. The smallest absolute Gasteiger partial charge is 0.191 e. The zero-order chi connectivity index (χ0) is 16.6. The van der Waals surface area contributed by atoms with E-state index in [1.807, 2.05) is 24.4 Å². The molecule has 128 valence electrons. The third-order valence-electron chi connectivity index (χ3n) is 4.25. The summed E-state index contributed by atoms with van der Waals surface area (Å²) in [5.74, 6) is 1.93. The Morgan fingerprint density at radius 3 is 2.83 bits per heavy atom. The molecule has 1 aliphatic rings. The number of hydrogen-bond donors (Lipinski definition) is 0. The fourth-order valence-corrected chi connectivity index (χ4v) is 3.90. The average molecular weight is 344 g/mol. The van der Waals surface area contributed by atoms with Crippen molar-refractivity contribution in [3.05, 3.63) is 37.2 Å². The number of thioether (sulfide) groups is 1. The number of rotatable bonds is 8. The summed E-state index contributed by atoms with van der Waals surface area (Å²) in [5, 5.41) is 9.71. The number of allylic oxidation sites excluding steroid dienone is 1. The van der Waals surface area contributed by atoms with Crippen LogP contribution in [0.2, 0.25) is 0 Å². The van der Waals surface area contributed by atoms with Crippen LogP contribution in [0.4, 0.5) is 0 Å². The van der Waals surface area contributed by atoms with Crippen molar-refractivity contribution < 1.29 is 0 Å². The number of piperidine rings is 1. The summed E-state index contributed by atoms with van der Waals surface area (Å²) in [6.07, 6.45) is 10.8. The van der Waals surface area contributed by atoms with Gasteiger partial charge in [-0.25, -0.2) is 0 Å². The molecule has 0 amide bonds. The van der Waals surface area contributed by atoms with Crippen molar-refractivity contribution in [3.8, 4) is 11.4 Å². The van der Waals surface area contributed by atoms with Gasteiger partial charge < -0.3 is 4.90 Å². The minimum Gasteiger partial charge on any atom is -0.303 e. The highest BCUT2D eigenvalue weighted by Crippen LogP contribution is 2.24. The maximum atomic E-state index is 4.38. The molecule has 6 heteroatoms. The van der Waals surface area contributed by atoms with E-state index in [0.29, 0.717) is 6.54 Å². The minimum absolute atomic E-state index is 0.714. The second kappa shape index (κ2) is 8.99. The third kappa shape index (κ3) is 4.45. The molecule has 1 fully saturated rings. The van der Waals surface area contributed by atoms with Gasteiger partial charge in [-0.2, -0.15) is 0 Å². The molecule has 2 aromatic rings. The Kier molecular flexibility index (Phi) is 6.43. The van der Waals surface area contributed by atoms with Crippen LogP contribution in [0.25, 0.3) is 11.4 Å². The maximum Gasteiger partial charge on any atom is 0.191 e. The van der Waals surface area contributed by atoms with Crippen LogP contribution >= 0.6 is 11.8 Å². The molecule has 0 spiro atoms. The van der Waals surface area contributed by atoms with Gasteiger partial charge in [-0.3, -0.25) is 9.55 Å². The fourth-order valence-electron chi connectivity index (χ4n) is 3.03. The zero-order valence-corrected chi connectivity index (χ0v) is 14.9. The highest BCUT2D eigenvalue weighted by Gasteiger charge is 2.14. The number of hydrogen-bond acceptors (Lipinski definition) is 5. The van der Waals surface area contributed by atoms with Gasteiger partial charge in [0, 0.05) is 30.3 Å². The van der Waals surface area contributed by atoms with Gasteiger partial charge in [-0.05, 0) is 51.0 Å². The Balaban J connectivity index is 1.58. The van der Waals surface area contributed by atoms with Gasteiger partial charge in [0.2, 0.25) is 0 Å². The first kappa shape index (κ1) is 17.2. The van der Waals surface area contributed by atoms with E-state index in [1.165, 1.54) is 45.3 Å². The lowest BCUT2D eigenvalue weighted by atomic mass is 10.1. The molecule has 0 aromatic carbocycles. The van der Waals surface area contributed by atoms with E-state index in [1.54, 1.807) is 18.0 Å². The van der Waals surface area contributed by atoms with E-state index in [4.69, 9.17) is 0 Å². The van der Waals surface area contributed by atoms with Crippen LogP contribution in [0.5, 0.6) is 0 Å². The molecule has 5 nitrogen and oxygen atoms in total. The quantitative estimate of drug-likeness (QED) is 0.417. The van der Waals surface area contributed by atoms with E-state index in [2.05, 4.69) is 31.2 Å². The summed E-state index contributed by atoms with van der Waals surface area (Å²) in [6, 6.07) is 3.94. The lowest BCUT2D eigenvalue weighted by Gasteiger charge is -2.26. The van der Waals surface area contributed by atoms with Crippen LogP contribution in [0, 0.1) is 0 Å². The topological polar surface area (TPSA) is 46.8 Å². The lowest BCUT2D eigenvalue weighted by molar-refractivity contribution is 0.230. The molecular formula is C18H25N5S. The van der Waals surface area contributed by atoms with Crippen molar-refractivity contribution in [2.75, 3.05) is 25.4 Å². The molecule has 0 radical (unpaired) electrons. The molecule has 3 rings (SSSR count). The third-order valence-corrected chi connectivity index (χ3v) is 5.30. The fraction of sp³-hybridized carbons (Fsp3) is 0.500. The minimum atomic E-state index is 0.714. The summed E-state index contributed by atoms with van der Waals surface area (Å²) >= 11 is 1.79. The summed E-state index contributed by atoms with van der Waals surface area (Å²) in [7, 11) is 0. The van der Waals surface area contributed by atoms with Gasteiger partial charge in [0.05, 0.1) is 0 Å². The predicted octanol–water partition coefficient (Wildman–Crippen LogP) is 3.49. The Morgan fingerprint density at radius 1 is 1.21 bits per heavy atom. The van der Waals surface area contributed by atoms with E-state index in [9.17, 15) is 0 Å². The first-order valence-electron chi connectivity index (χ1n) is 8.68. The van der Waals surface area contributed by atoms with E-state index in [-0.39, 0.29) is 0 Å². The number of nitrogens with zero attached hydrogens (tertiary/aromatic N) is 5. The summed E-state index contributed by atoms with van der Waals surface area (Å²) in [4.78, 5) is 6.76. The van der Waals surface area contributed by atoms with E-state index < -0.39 is 0 Å². The normalized spacial score (nSPS) is 15.5. The van der Waals surface area contributed by atoms with Gasteiger partial charge in [0.15, 0.2) is 11.0 Å². The molecule has 1 saturated heterocycles. The molecule has 0 bridgehead atoms. The van der Waals surface area contributed by atoms with Gasteiger partial charge in [0.25, 0.3) is 0 Å². The monoisotopic (exact) mass is 343 g/mol. The Bertz CT molecular complexity index is 634. The predicted molar refractivity (Wildman–Crippen MR) is 99.1 cm³/mol. The van der Waals surface area contributed by atoms with Gasteiger partial charge in [-0.1, -0.05) is 24.3 Å². The van der Waals surface area contributed by atoms with Gasteiger partial charge in [-0.15, -0.1) is 16.8 Å². The van der Waals surface area contributed by atoms with Crippen LogP contribution < -0.4 is 0 Å². The summed E-state index contributed by atoms with van der Waals surface area (Å²) in [5.41, 5.74) is 0.993. The van der Waals surface area contributed by atoms with Crippen molar-refractivity contribution in [2.24, 2.45) is 0 Å². The number of likely N-dealkylation sites (tertiary alicyclic amines) is 1. The highest BCUT2D eigenvalue weighted by atomic mass is 32.2. The lowest BCUT2D eigenvalue weighted by Crippen LogP contribution is -2.30. The van der Waals surface area contributed by atoms with Crippen molar-refractivity contribution >= 4 is 11.8 Å². The molecule has 0 saturated carbocycles. The van der Waals surface area contributed by atoms with Crippen LogP contribution in [0.15, 0.2) is 42.3 Å². The molecule has 0 N–H and O–H groups in total. The zero-order valence-electron chi connectivity index (χ0n) is 14.1. The molecule has 0 unspecified atom stereocenters. The van der Waals surface area contributed by atoms with Crippen LogP contribution in [-0.2, 0) is 6.54 Å². The first-order valence-corrected chi connectivity index (χ1v) is 9.66. The molecule has 0 atom stereocenters. The second-order valence-corrected chi connectivity index (χ2v) is 7.11. The number of pyridine rings is 1.